The minimum Gasteiger partial charge on any atom is -0.508 e. The molecule has 1 amide bonds. The number of rotatable bonds is 3. The molecular formula is C15H15FN2O3. The number of hydrogen-bond donors (Lipinski definition) is 2. The van der Waals surface area contributed by atoms with E-state index in [1.807, 2.05) is 0 Å². The van der Waals surface area contributed by atoms with Gasteiger partial charge < -0.3 is 15.0 Å². The van der Waals surface area contributed by atoms with Gasteiger partial charge in [-0.25, -0.2) is 4.39 Å². The highest BCUT2D eigenvalue weighted by molar-refractivity contribution is 5.90. The summed E-state index contributed by atoms with van der Waals surface area (Å²) < 4.78 is 14.8. The minimum atomic E-state index is -0.530. The third-order valence-corrected chi connectivity index (χ3v) is 3.02. The first-order chi connectivity index (χ1) is 9.86. The standard InChI is InChI=1S/C15H15FN2O3/c1-9-3-4-13(12(16)5-9)17-14(20)8-18-10(2)6-11(19)7-15(18)21/h3-7,19H,8H2,1-2H3,(H,17,20). The fraction of sp³-hybridized carbons (Fsp3) is 0.200. The average molecular weight is 290 g/mol. The van der Waals surface area contributed by atoms with Gasteiger partial charge in [-0.3, -0.25) is 9.59 Å². The van der Waals surface area contributed by atoms with Gasteiger partial charge in [-0.2, -0.15) is 0 Å². The fourth-order valence-electron chi connectivity index (χ4n) is 1.97. The van der Waals surface area contributed by atoms with Crippen LogP contribution in [0.1, 0.15) is 11.3 Å². The summed E-state index contributed by atoms with van der Waals surface area (Å²) >= 11 is 0. The lowest BCUT2D eigenvalue weighted by molar-refractivity contribution is -0.116. The second kappa shape index (κ2) is 5.78. The maximum absolute atomic E-state index is 13.6. The van der Waals surface area contributed by atoms with Crippen LogP contribution in [0.15, 0.2) is 35.1 Å². The molecule has 2 N–H and O–H groups in total. The Morgan fingerprint density at radius 1 is 1.29 bits per heavy atom. The van der Waals surface area contributed by atoms with Gasteiger partial charge in [0, 0.05) is 11.8 Å². The summed E-state index contributed by atoms with van der Waals surface area (Å²) in [6, 6.07) is 6.85. The molecule has 1 aromatic carbocycles. The number of anilines is 1. The van der Waals surface area contributed by atoms with E-state index in [9.17, 15) is 19.1 Å². The van der Waals surface area contributed by atoms with Gasteiger partial charge in [0.05, 0.1) is 5.69 Å². The van der Waals surface area contributed by atoms with Gasteiger partial charge in [-0.05, 0) is 37.6 Å². The first kappa shape index (κ1) is 14.8. The van der Waals surface area contributed by atoms with Crippen LogP contribution in [0.3, 0.4) is 0 Å². The number of aromatic nitrogens is 1. The first-order valence-corrected chi connectivity index (χ1v) is 6.33. The monoisotopic (exact) mass is 290 g/mol. The summed E-state index contributed by atoms with van der Waals surface area (Å²) in [6.07, 6.45) is 0. The maximum Gasteiger partial charge on any atom is 0.254 e. The Hall–Kier alpha value is -2.63. The number of pyridine rings is 1. The predicted molar refractivity (Wildman–Crippen MR) is 76.9 cm³/mol. The summed E-state index contributed by atoms with van der Waals surface area (Å²) in [7, 11) is 0. The van der Waals surface area contributed by atoms with Crippen LogP contribution in [0.25, 0.3) is 0 Å². The molecule has 5 nitrogen and oxygen atoms in total. The Bertz CT molecular complexity index is 753. The zero-order valence-corrected chi connectivity index (χ0v) is 11.7. The Morgan fingerprint density at radius 2 is 2.00 bits per heavy atom. The Labute approximate surface area is 120 Å². The van der Waals surface area contributed by atoms with Crippen molar-refractivity contribution < 1.29 is 14.3 Å². The zero-order valence-electron chi connectivity index (χ0n) is 11.7. The molecule has 2 aromatic rings. The average Bonchev–Trinajstić information content (AvgIpc) is 2.37. The number of benzene rings is 1. The summed E-state index contributed by atoms with van der Waals surface area (Å²) in [4.78, 5) is 23.6. The van der Waals surface area contributed by atoms with Gasteiger partial charge in [-0.15, -0.1) is 0 Å². The van der Waals surface area contributed by atoms with Crippen LogP contribution < -0.4 is 10.9 Å². The van der Waals surface area contributed by atoms with Crippen molar-refractivity contribution >= 4 is 11.6 Å². The SMILES string of the molecule is Cc1ccc(NC(=O)Cn2c(C)cc(O)cc2=O)c(F)c1. The number of aryl methyl sites for hydroxylation is 2. The quantitative estimate of drug-likeness (QED) is 0.907. The largest absolute Gasteiger partial charge is 0.508 e. The van der Waals surface area contributed by atoms with E-state index >= 15 is 0 Å². The van der Waals surface area contributed by atoms with Crippen LogP contribution in [0, 0.1) is 19.7 Å². The Kier molecular flexibility index (Phi) is 4.07. The number of hydrogen-bond acceptors (Lipinski definition) is 3. The second-order valence-corrected chi connectivity index (χ2v) is 4.81. The highest BCUT2D eigenvalue weighted by Crippen LogP contribution is 2.15. The van der Waals surface area contributed by atoms with Crippen LogP contribution in [0.2, 0.25) is 0 Å². The highest BCUT2D eigenvalue weighted by atomic mass is 19.1. The van der Waals surface area contributed by atoms with Gasteiger partial charge >= 0.3 is 0 Å². The van der Waals surface area contributed by atoms with Crippen molar-refractivity contribution in [3.8, 4) is 5.75 Å². The van der Waals surface area contributed by atoms with E-state index in [0.29, 0.717) is 5.69 Å². The van der Waals surface area contributed by atoms with Crippen molar-refractivity contribution in [3.63, 3.8) is 0 Å². The topological polar surface area (TPSA) is 71.3 Å². The third kappa shape index (κ3) is 3.47. The molecule has 0 spiro atoms. The zero-order chi connectivity index (χ0) is 15.6. The third-order valence-electron chi connectivity index (χ3n) is 3.02. The second-order valence-electron chi connectivity index (χ2n) is 4.81. The molecule has 0 bridgehead atoms. The molecule has 0 aliphatic carbocycles. The molecular weight excluding hydrogens is 275 g/mol. The van der Waals surface area contributed by atoms with E-state index in [1.54, 1.807) is 19.9 Å². The lowest BCUT2D eigenvalue weighted by Gasteiger charge is -2.11. The molecule has 1 heterocycles. The van der Waals surface area contributed by atoms with Crippen molar-refractivity contribution in [1.82, 2.24) is 4.57 Å². The van der Waals surface area contributed by atoms with Crippen molar-refractivity contribution in [1.29, 1.82) is 0 Å². The van der Waals surface area contributed by atoms with E-state index in [0.717, 1.165) is 11.6 Å². The number of carbonyl (C=O) groups excluding carboxylic acids is 1. The van der Waals surface area contributed by atoms with E-state index < -0.39 is 17.3 Å². The minimum absolute atomic E-state index is 0.0649. The number of halogens is 1. The molecule has 0 unspecified atom stereocenters. The van der Waals surface area contributed by atoms with Crippen molar-refractivity contribution in [2.75, 3.05) is 5.32 Å². The summed E-state index contributed by atoms with van der Waals surface area (Å²) in [5, 5.41) is 11.7. The molecule has 21 heavy (non-hydrogen) atoms. The molecule has 110 valence electrons. The van der Waals surface area contributed by atoms with Crippen molar-refractivity contribution in [2.24, 2.45) is 0 Å². The number of carbonyl (C=O) groups is 1. The van der Waals surface area contributed by atoms with Crippen molar-refractivity contribution in [2.45, 2.75) is 20.4 Å². The number of nitrogens with zero attached hydrogens (tertiary/aromatic N) is 1. The van der Waals surface area contributed by atoms with Gasteiger partial charge in [-0.1, -0.05) is 6.07 Å². The Balaban J connectivity index is 2.18. The van der Waals surface area contributed by atoms with E-state index in [1.165, 1.54) is 22.8 Å². The number of aromatic hydroxyl groups is 1. The van der Waals surface area contributed by atoms with Gasteiger partial charge in [0.15, 0.2) is 0 Å². The molecule has 0 saturated carbocycles. The fourth-order valence-corrected chi connectivity index (χ4v) is 1.97. The first-order valence-electron chi connectivity index (χ1n) is 6.33. The summed E-state index contributed by atoms with van der Waals surface area (Å²) in [5.41, 5.74) is 0.762. The molecule has 0 aliphatic rings. The molecule has 0 atom stereocenters. The lowest BCUT2D eigenvalue weighted by atomic mass is 10.2. The van der Waals surface area contributed by atoms with Gasteiger partial charge in [0.2, 0.25) is 5.91 Å². The normalized spacial score (nSPS) is 10.4. The van der Waals surface area contributed by atoms with Crippen LogP contribution in [-0.2, 0) is 11.3 Å². The number of amides is 1. The number of nitrogens with one attached hydrogen (secondary N) is 1. The predicted octanol–water partition coefficient (Wildman–Crippen LogP) is 1.95. The van der Waals surface area contributed by atoms with Gasteiger partial charge in [0.25, 0.3) is 5.56 Å². The van der Waals surface area contributed by atoms with Crippen LogP contribution in [-0.4, -0.2) is 15.6 Å². The summed E-state index contributed by atoms with van der Waals surface area (Å²) in [5.74, 6) is -1.20. The van der Waals surface area contributed by atoms with Gasteiger partial charge in [0.1, 0.15) is 18.1 Å². The summed E-state index contributed by atoms with van der Waals surface area (Å²) in [6.45, 7) is 3.09. The van der Waals surface area contributed by atoms with Crippen molar-refractivity contribution in [3.05, 3.63) is 57.8 Å². The van der Waals surface area contributed by atoms with Crippen LogP contribution in [0.5, 0.6) is 5.75 Å². The van der Waals surface area contributed by atoms with E-state index in [-0.39, 0.29) is 18.0 Å². The molecule has 0 radical (unpaired) electrons. The smallest absolute Gasteiger partial charge is 0.254 e. The molecule has 0 saturated heterocycles. The van der Waals surface area contributed by atoms with Crippen LogP contribution in [0.4, 0.5) is 10.1 Å². The highest BCUT2D eigenvalue weighted by Gasteiger charge is 2.10. The molecule has 0 aliphatic heterocycles. The maximum atomic E-state index is 13.6. The molecule has 6 heteroatoms. The van der Waals surface area contributed by atoms with E-state index in [4.69, 9.17) is 0 Å². The molecule has 0 fully saturated rings. The van der Waals surface area contributed by atoms with E-state index in [2.05, 4.69) is 5.32 Å². The molecule has 2 rings (SSSR count). The Morgan fingerprint density at radius 3 is 2.62 bits per heavy atom. The molecule has 1 aromatic heterocycles. The van der Waals surface area contributed by atoms with Crippen LogP contribution >= 0.6 is 0 Å². The lowest BCUT2D eigenvalue weighted by Crippen LogP contribution is -2.28.